The molecule has 0 saturated carbocycles. The first-order chi connectivity index (χ1) is 6.06. The van der Waals surface area contributed by atoms with E-state index in [1.807, 2.05) is 0 Å². The zero-order valence-corrected chi connectivity index (χ0v) is 11.7. The van der Waals surface area contributed by atoms with Gasteiger partial charge in [-0.15, -0.1) is 6.58 Å². The fourth-order valence-electron chi connectivity index (χ4n) is 0.400. The Kier molecular flexibility index (Phi) is 10.3. The van der Waals surface area contributed by atoms with Gasteiger partial charge in [0.25, 0.3) is 0 Å². The van der Waals surface area contributed by atoms with Crippen molar-refractivity contribution in [2.75, 3.05) is 5.75 Å². The molecule has 86 valence electrons. The molecule has 0 aromatic heterocycles. The van der Waals surface area contributed by atoms with Crippen LogP contribution in [0, 0.1) is 0 Å². The number of halogens is 4. The predicted molar refractivity (Wildman–Crippen MR) is 64.2 cm³/mol. The topological polar surface area (TPSA) is 51.2 Å². The van der Waals surface area contributed by atoms with Gasteiger partial charge in [-0.1, -0.05) is 6.08 Å². The van der Waals surface area contributed by atoms with Gasteiger partial charge in [0.1, 0.15) is 0 Å². The lowest BCUT2D eigenvalue weighted by Crippen LogP contribution is -1.95. The van der Waals surface area contributed by atoms with E-state index in [1.54, 1.807) is 6.08 Å². The van der Waals surface area contributed by atoms with E-state index in [-0.39, 0.29) is 5.75 Å². The number of hydrogen-bond donors (Lipinski definition) is 0. The van der Waals surface area contributed by atoms with Crippen LogP contribution in [0.2, 0.25) is 0 Å². The van der Waals surface area contributed by atoms with Crippen LogP contribution in [-0.4, -0.2) is 14.2 Å². The fraction of sp³-hybridized carbons (Fsp3) is 0.600. The minimum Gasteiger partial charge on any atom is -0.271 e. The second-order valence-electron chi connectivity index (χ2n) is 2.07. The average molecular weight is 322 g/mol. The molecule has 0 aliphatic heterocycles. The Labute approximate surface area is 103 Å². The predicted octanol–water partition coefficient (Wildman–Crippen LogP) is 4.33. The van der Waals surface area contributed by atoms with Crippen LogP contribution in [0.4, 0.5) is 0 Å². The third-order valence-electron chi connectivity index (χ3n) is 0.796. The van der Waals surface area contributed by atoms with Gasteiger partial charge in [0.15, 0.2) is 0 Å². The van der Waals surface area contributed by atoms with Crippen molar-refractivity contribution in [2.24, 2.45) is 0 Å². The van der Waals surface area contributed by atoms with E-state index >= 15 is 0 Å². The van der Waals surface area contributed by atoms with Crippen molar-refractivity contribution in [3.63, 3.8) is 0 Å². The summed E-state index contributed by atoms with van der Waals surface area (Å²) in [5.74, 6) is 0.0422. The molecule has 9 heteroatoms. The molecule has 0 aromatic carbocycles. The van der Waals surface area contributed by atoms with Crippen molar-refractivity contribution in [1.29, 1.82) is 0 Å². The zero-order chi connectivity index (χ0) is 11.8. The summed E-state index contributed by atoms with van der Waals surface area (Å²) in [4.78, 5) is 0. The first kappa shape index (κ1) is 17.5. The van der Waals surface area contributed by atoms with Crippen molar-refractivity contribution in [1.82, 2.24) is 0 Å². The highest BCUT2D eigenvalue weighted by Crippen LogP contribution is 2.61. The van der Waals surface area contributed by atoms with Crippen LogP contribution in [0.25, 0.3) is 0 Å². The van der Waals surface area contributed by atoms with E-state index in [0.29, 0.717) is 12.8 Å². The summed E-state index contributed by atoms with van der Waals surface area (Å²) in [6.07, 6.45) is 2.93. The van der Waals surface area contributed by atoms with Crippen LogP contribution in [-0.2, 0) is 13.6 Å². The van der Waals surface area contributed by atoms with E-state index in [0.717, 1.165) is 0 Å². The third-order valence-corrected chi connectivity index (χ3v) is 2.04. The van der Waals surface area contributed by atoms with Gasteiger partial charge in [0.05, 0.1) is 5.75 Å². The largest absolute Gasteiger partial charge is 0.339 e. The lowest BCUT2D eigenvalue weighted by Gasteiger charge is -1.89. The first-order valence-corrected chi connectivity index (χ1v) is 10.2. The smallest absolute Gasteiger partial charge is 0.271 e. The van der Waals surface area contributed by atoms with Gasteiger partial charge >= 0.3 is 5.20 Å². The molecule has 0 spiro atoms. The van der Waals surface area contributed by atoms with Gasteiger partial charge in [-0.2, -0.15) is 0 Å². The molecule has 0 aliphatic carbocycles. The van der Waals surface area contributed by atoms with E-state index in [4.69, 9.17) is 10.7 Å². The van der Waals surface area contributed by atoms with Crippen LogP contribution in [0.1, 0.15) is 12.8 Å². The maximum absolute atomic E-state index is 10.2. The maximum Gasteiger partial charge on any atom is 0.339 e. The molecule has 0 radical (unpaired) electrons. The van der Waals surface area contributed by atoms with Crippen LogP contribution in [0.5, 0.6) is 0 Å². The van der Waals surface area contributed by atoms with Crippen LogP contribution < -0.4 is 0 Å². The lowest BCUT2D eigenvalue weighted by molar-refractivity contribution is 0.599. The van der Waals surface area contributed by atoms with Crippen molar-refractivity contribution >= 4 is 58.7 Å². The first-order valence-electron chi connectivity index (χ1n) is 3.28. The number of hydrogen-bond acceptors (Lipinski definition) is 3. The van der Waals surface area contributed by atoms with Gasteiger partial charge in [0.2, 0.25) is 9.05 Å². The normalized spacial score (nSPS) is 11.4. The number of unbranched alkanes of at least 4 members (excludes halogenated alkanes) is 1. The Morgan fingerprint density at radius 2 is 1.64 bits per heavy atom. The molecule has 0 aliphatic rings. The van der Waals surface area contributed by atoms with Crippen molar-refractivity contribution in [3.8, 4) is 0 Å². The van der Waals surface area contributed by atoms with Gasteiger partial charge in [0, 0.05) is 10.7 Å². The van der Waals surface area contributed by atoms with Gasteiger partial charge in [-0.05, 0) is 46.6 Å². The number of rotatable bonds is 4. The highest BCUT2D eigenvalue weighted by molar-refractivity contribution is 8.24. The van der Waals surface area contributed by atoms with Gasteiger partial charge in [-0.3, -0.25) is 4.57 Å². The Balaban J connectivity index is 0. The molecule has 0 bridgehead atoms. The molecule has 0 saturated heterocycles. The molecule has 0 fully saturated rings. The SMILES string of the molecule is C=CCCCS(=O)(=O)Cl.O=P(Cl)(Cl)Cl. The Bertz CT molecular complexity index is 288. The quantitative estimate of drug-likeness (QED) is 0.335. The van der Waals surface area contributed by atoms with E-state index in [1.165, 1.54) is 0 Å². The molecule has 3 nitrogen and oxygen atoms in total. The average Bonchev–Trinajstić information content (AvgIpc) is 1.80. The Morgan fingerprint density at radius 1 is 1.29 bits per heavy atom. The highest BCUT2D eigenvalue weighted by Gasteiger charge is 2.03. The monoisotopic (exact) mass is 320 g/mol. The maximum atomic E-state index is 10.2. The third kappa shape index (κ3) is 38.1. The van der Waals surface area contributed by atoms with Gasteiger partial charge < -0.3 is 0 Å². The fourth-order valence-corrected chi connectivity index (χ4v) is 1.24. The number of allylic oxidation sites excluding steroid dienone is 1. The van der Waals surface area contributed by atoms with Crippen LogP contribution >= 0.6 is 49.6 Å². The molecule has 0 unspecified atom stereocenters. The van der Waals surface area contributed by atoms with Crippen molar-refractivity contribution in [3.05, 3.63) is 12.7 Å². The molecule has 0 heterocycles. The van der Waals surface area contributed by atoms with Crippen LogP contribution in [0.3, 0.4) is 0 Å². The highest BCUT2D eigenvalue weighted by atomic mass is 36.0. The molecule has 0 rings (SSSR count). The van der Waals surface area contributed by atoms with Crippen molar-refractivity contribution in [2.45, 2.75) is 12.8 Å². The second kappa shape index (κ2) is 8.26. The summed E-state index contributed by atoms with van der Waals surface area (Å²) < 4.78 is 30.0. The molecule has 14 heavy (non-hydrogen) atoms. The Hall–Kier alpha value is 1.08. The molecule has 0 N–H and O–H groups in total. The molecular weight excluding hydrogens is 313 g/mol. The summed E-state index contributed by atoms with van der Waals surface area (Å²) in [5.41, 5.74) is 0. The minimum absolute atomic E-state index is 0.0422. The van der Waals surface area contributed by atoms with E-state index < -0.39 is 14.3 Å². The lowest BCUT2D eigenvalue weighted by atomic mass is 10.3. The summed E-state index contributed by atoms with van der Waals surface area (Å²) in [6, 6.07) is 0. The van der Waals surface area contributed by atoms with Gasteiger partial charge in [-0.25, -0.2) is 8.42 Å². The second-order valence-corrected chi connectivity index (χ2v) is 11.6. The summed E-state index contributed by atoms with van der Waals surface area (Å²) in [7, 11) is 1.63. The standard InChI is InChI=1S/C5H9ClO2S.Cl3OP/c1-2-3-4-5-9(6,7)8;1-5(2,3)4/h2H,1,3-5H2;. The van der Waals surface area contributed by atoms with E-state index in [9.17, 15) is 13.0 Å². The molecule has 0 aromatic rings. The zero-order valence-electron chi connectivity index (χ0n) is 7.00. The minimum atomic E-state index is -3.27. The molecule has 0 atom stereocenters. The summed E-state index contributed by atoms with van der Waals surface area (Å²) >= 11 is 13.8. The van der Waals surface area contributed by atoms with E-state index in [2.05, 4.69) is 40.3 Å². The summed E-state index contributed by atoms with van der Waals surface area (Å²) in [5, 5.41) is -3.22. The van der Waals surface area contributed by atoms with Crippen LogP contribution in [0.15, 0.2) is 12.7 Å². The van der Waals surface area contributed by atoms with Crippen molar-refractivity contribution < 1.29 is 13.0 Å². The molecule has 0 amide bonds. The Morgan fingerprint density at radius 3 is 1.86 bits per heavy atom. The molecular formula is C5H9Cl4O3PS. The summed E-state index contributed by atoms with van der Waals surface area (Å²) in [6.45, 7) is 3.44.